The van der Waals surface area contributed by atoms with Crippen LogP contribution in [0.1, 0.15) is 19.3 Å². The third kappa shape index (κ3) is 2.49. The molecule has 1 saturated heterocycles. The highest BCUT2D eigenvalue weighted by molar-refractivity contribution is 7.89. The second-order valence-corrected chi connectivity index (χ2v) is 8.52. The number of aryl methyl sites for hydroxylation is 1. The van der Waals surface area contributed by atoms with Gasteiger partial charge in [-0.05, 0) is 31.0 Å². The van der Waals surface area contributed by atoms with Gasteiger partial charge in [0.05, 0.1) is 10.4 Å². The third-order valence-electron chi connectivity index (χ3n) is 5.26. The lowest BCUT2D eigenvalue weighted by Crippen LogP contribution is -2.53. The fraction of sp³-hybridized carbons (Fsp3) is 0.562. The Balaban J connectivity index is 1.58. The Hall–Kier alpha value is -1.64. The van der Waals surface area contributed by atoms with E-state index >= 15 is 0 Å². The molecule has 0 amide bonds. The van der Waals surface area contributed by atoms with Crippen LogP contribution in [0.3, 0.4) is 0 Å². The number of sulfonamides is 1. The quantitative estimate of drug-likeness (QED) is 0.824. The van der Waals surface area contributed by atoms with Crippen LogP contribution >= 0.6 is 0 Å². The molecule has 1 aromatic heterocycles. The van der Waals surface area contributed by atoms with Crippen LogP contribution in [0.5, 0.6) is 0 Å². The lowest BCUT2D eigenvalue weighted by Gasteiger charge is -2.42. The van der Waals surface area contributed by atoms with Gasteiger partial charge in [0, 0.05) is 39.3 Å². The first kappa shape index (κ1) is 15.9. The molecule has 0 unspecified atom stereocenters. The van der Waals surface area contributed by atoms with Crippen molar-refractivity contribution in [2.24, 2.45) is 7.05 Å². The van der Waals surface area contributed by atoms with E-state index in [1.807, 2.05) is 0 Å². The highest BCUT2D eigenvalue weighted by Gasteiger charge is 2.33. The number of hydrogen-bond acceptors (Lipinski definition) is 5. The molecule has 0 N–H and O–H groups in total. The number of aromatic nitrogens is 1. The SMILES string of the molecule is Cn1c(=O)oc2ccc(S(=O)(=O)N3CCN(C4CCC4)CC3)cc21. The first-order valence-corrected chi connectivity index (χ1v) is 9.74. The maximum absolute atomic E-state index is 12.9. The molecule has 2 aliphatic rings. The summed E-state index contributed by atoms with van der Waals surface area (Å²) in [6.07, 6.45) is 3.75. The summed E-state index contributed by atoms with van der Waals surface area (Å²) < 4.78 is 33.7. The van der Waals surface area contributed by atoms with Crippen molar-refractivity contribution in [1.29, 1.82) is 0 Å². The minimum atomic E-state index is -3.55. The molecule has 1 aromatic carbocycles. The van der Waals surface area contributed by atoms with Crippen LogP contribution in [0.2, 0.25) is 0 Å². The average molecular weight is 351 g/mol. The smallest absolute Gasteiger partial charge is 0.408 e. The average Bonchev–Trinajstić information content (AvgIpc) is 2.81. The van der Waals surface area contributed by atoms with Gasteiger partial charge < -0.3 is 4.42 Å². The Morgan fingerprint density at radius 2 is 1.83 bits per heavy atom. The van der Waals surface area contributed by atoms with E-state index in [2.05, 4.69) is 4.90 Å². The van der Waals surface area contributed by atoms with Crippen LogP contribution in [0.25, 0.3) is 11.1 Å². The fourth-order valence-corrected chi connectivity index (χ4v) is 4.92. The van der Waals surface area contributed by atoms with E-state index in [1.54, 1.807) is 17.4 Å². The van der Waals surface area contributed by atoms with Crippen molar-refractivity contribution in [3.63, 3.8) is 0 Å². The minimum Gasteiger partial charge on any atom is -0.408 e. The molecular weight excluding hydrogens is 330 g/mol. The van der Waals surface area contributed by atoms with E-state index in [4.69, 9.17) is 4.42 Å². The maximum Gasteiger partial charge on any atom is 0.419 e. The molecule has 1 aliphatic carbocycles. The van der Waals surface area contributed by atoms with Gasteiger partial charge in [0.2, 0.25) is 10.0 Å². The summed E-state index contributed by atoms with van der Waals surface area (Å²) in [5.41, 5.74) is 0.894. The highest BCUT2D eigenvalue weighted by Crippen LogP contribution is 2.27. The zero-order valence-corrected chi connectivity index (χ0v) is 14.5. The van der Waals surface area contributed by atoms with Crippen LogP contribution < -0.4 is 5.76 Å². The number of nitrogens with zero attached hydrogens (tertiary/aromatic N) is 3. The maximum atomic E-state index is 12.9. The molecular formula is C16H21N3O4S. The molecule has 1 aliphatic heterocycles. The lowest BCUT2D eigenvalue weighted by molar-refractivity contribution is 0.0889. The number of oxazole rings is 1. The van der Waals surface area contributed by atoms with Gasteiger partial charge in [0.25, 0.3) is 0 Å². The van der Waals surface area contributed by atoms with Crippen LogP contribution in [-0.2, 0) is 17.1 Å². The molecule has 7 nitrogen and oxygen atoms in total. The summed E-state index contributed by atoms with van der Waals surface area (Å²) >= 11 is 0. The number of hydrogen-bond donors (Lipinski definition) is 0. The van der Waals surface area contributed by atoms with Gasteiger partial charge in [-0.3, -0.25) is 9.47 Å². The van der Waals surface area contributed by atoms with Crippen LogP contribution in [-0.4, -0.2) is 54.4 Å². The Morgan fingerprint density at radius 3 is 2.46 bits per heavy atom. The first-order chi connectivity index (χ1) is 11.5. The van der Waals surface area contributed by atoms with Gasteiger partial charge in [-0.15, -0.1) is 0 Å². The summed E-state index contributed by atoms with van der Waals surface area (Å²) in [6, 6.07) is 5.23. The summed E-state index contributed by atoms with van der Waals surface area (Å²) in [5, 5.41) is 0. The molecule has 0 bridgehead atoms. The van der Waals surface area contributed by atoms with E-state index in [0.29, 0.717) is 30.2 Å². The minimum absolute atomic E-state index is 0.212. The fourth-order valence-electron chi connectivity index (χ4n) is 3.48. The van der Waals surface area contributed by atoms with Crippen molar-refractivity contribution in [1.82, 2.24) is 13.8 Å². The Labute approximate surface area is 140 Å². The number of rotatable bonds is 3. The molecule has 24 heavy (non-hydrogen) atoms. The third-order valence-corrected chi connectivity index (χ3v) is 7.16. The van der Waals surface area contributed by atoms with E-state index < -0.39 is 15.8 Å². The second kappa shape index (κ2) is 5.72. The topological polar surface area (TPSA) is 75.8 Å². The van der Waals surface area contributed by atoms with Crippen molar-refractivity contribution in [3.05, 3.63) is 28.7 Å². The molecule has 1 saturated carbocycles. The summed E-state index contributed by atoms with van der Waals surface area (Å²) in [5.74, 6) is -0.492. The molecule has 2 heterocycles. The summed E-state index contributed by atoms with van der Waals surface area (Å²) in [4.78, 5) is 14.2. The monoisotopic (exact) mass is 351 g/mol. The summed E-state index contributed by atoms with van der Waals surface area (Å²) in [7, 11) is -1.98. The lowest BCUT2D eigenvalue weighted by atomic mass is 9.91. The van der Waals surface area contributed by atoms with Crippen LogP contribution in [0, 0.1) is 0 Å². The molecule has 8 heteroatoms. The Kier molecular flexibility index (Phi) is 3.78. The molecule has 0 atom stereocenters. The zero-order chi connectivity index (χ0) is 16.9. The van der Waals surface area contributed by atoms with Crippen molar-refractivity contribution in [2.75, 3.05) is 26.2 Å². The summed E-state index contributed by atoms with van der Waals surface area (Å²) in [6.45, 7) is 2.61. The van der Waals surface area contributed by atoms with Gasteiger partial charge >= 0.3 is 5.76 Å². The number of fused-ring (bicyclic) bond motifs is 1. The van der Waals surface area contributed by atoms with Gasteiger partial charge in [0.15, 0.2) is 5.58 Å². The molecule has 4 rings (SSSR count). The van der Waals surface area contributed by atoms with Crippen molar-refractivity contribution < 1.29 is 12.8 Å². The predicted octanol–water partition coefficient (Wildman–Crippen LogP) is 0.990. The Bertz CT molecular complexity index is 918. The van der Waals surface area contributed by atoms with Crippen molar-refractivity contribution in [2.45, 2.75) is 30.2 Å². The standard InChI is InChI=1S/C16H21N3O4S/c1-17-14-11-13(5-6-15(14)23-16(17)20)24(21,22)19-9-7-18(8-10-19)12-3-2-4-12/h5-6,11-12H,2-4,7-10H2,1H3. The van der Waals surface area contributed by atoms with Gasteiger partial charge in [0.1, 0.15) is 0 Å². The highest BCUT2D eigenvalue weighted by atomic mass is 32.2. The Morgan fingerprint density at radius 1 is 1.12 bits per heavy atom. The molecule has 130 valence electrons. The van der Waals surface area contributed by atoms with Gasteiger partial charge in [-0.2, -0.15) is 4.31 Å². The molecule has 0 radical (unpaired) electrons. The van der Waals surface area contributed by atoms with Crippen LogP contribution in [0.15, 0.2) is 32.3 Å². The van der Waals surface area contributed by atoms with E-state index in [1.165, 1.54) is 36.0 Å². The number of piperazine rings is 1. The number of benzene rings is 1. The molecule has 2 aromatic rings. The molecule has 2 fully saturated rings. The van der Waals surface area contributed by atoms with Crippen LogP contribution in [0.4, 0.5) is 0 Å². The predicted molar refractivity (Wildman–Crippen MR) is 89.4 cm³/mol. The van der Waals surface area contributed by atoms with Gasteiger partial charge in [-0.1, -0.05) is 6.42 Å². The second-order valence-electron chi connectivity index (χ2n) is 6.58. The zero-order valence-electron chi connectivity index (χ0n) is 13.6. The van der Waals surface area contributed by atoms with Crippen molar-refractivity contribution >= 4 is 21.1 Å². The van der Waals surface area contributed by atoms with Gasteiger partial charge in [-0.25, -0.2) is 13.2 Å². The van der Waals surface area contributed by atoms with Crippen molar-refractivity contribution in [3.8, 4) is 0 Å². The molecule has 0 spiro atoms. The first-order valence-electron chi connectivity index (χ1n) is 8.30. The normalized spacial score (nSPS) is 21.2. The van der Waals surface area contributed by atoms with E-state index in [0.717, 1.165) is 13.1 Å². The largest absolute Gasteiger partial charge is 0.419 e. The van der Waals surface area contributed by atoms with E-state index in [9.17, 15) is 13.2 Å². The van der Waals surface area contributed by atoms with E-state index in [-0.39, 0.29) is 4.90 Å².